The van der Waals surface area contributed by atoms with E-state index in [4.69, 9.17) is 16.3 Å². The zero-order valence-corrected chi connectivity index (χ0v) is 25.8. The van der Waals surface area contributed by atoms with Crippen LogP contribution in [0.2, 0.25) is 0 Å². The maximum Gasteiger partial charge on any atom is 0.404 e. The Hall–Kier alpha value is -4.57. The molecule has 0 aliphatic carbocycles. The number of nitrogens with zero attached hydrogens (tertiary/aromatic N) is 1. The van der Waals surface area contributed by atoms with Crippen molar-refractivity contribution >= 4 is 40.8 Å². The van der Waals surface area contributed by atoms with Crippen LogP contribution in [0.15, 0.2) is 72.6 Å². The van der Waals surface area contributed by atoms with Crippen molar-refractivity contribution in [3.63, 3.8) is 0 Å². The standard InChI is InChI=1S/C30H32F6N6O3S/c1-16-10-11-19(14-24(16)42(38)15-21(37)28(44)39-17(2)18-8-6-5-7-9-18)27(43)40-22-12-20(13-23(41-46-4)25(22)45-3)26(29(31,32)33)30(34,35)36/h5-15,17,26,41H,37-38H2,1-4H3,(H,39,44)(H,40,43)/b21-15-/t17-/m1/s1. The first-order chi connectivity index (χ1) is 21.5. The van der Waals surface area contributed by atoms with E-state index < -0.39 is 41.3 Å². The van der Waals surface area contributed by atoms with E-state index in [0.29, 0.717) is 17.7 Å². The topological polar surface area (TPSA) is 135 Å². The van der Waals surface area contributed by atoms with Gasteiger partial charge in [0.2, 0.25) is 0 Å². The van der Waals surface area contributed by atoms with Crippen LogP contribution >= 0.6 is 11.9 Å². The molecule has 248 valence electrons. The average molecular weight is 671 g/mol. The number of ether oxygens (including phenoxy) is 1. The van der Waals surface area contributed by atoms with E-state index in [1.165, 1.54) is 24.5 Å². The van der Waals surface area contributed by atoms with Gasteiger partial charge in [0.1, 0.15) is 5.70 Å². The minimum absolute atomic E-state index is 0.0693. The monoisotopic (exact) mass is 670 g/mol. The summed E-state index contributed by atoms with van der Waals surface area (Å²) in [6.45, 7) is 3.42. The second kappa shape index (κ2) is 14.7. The average Bonchev–Trinajstić information content (AvgIpc) is 2.96. The summed E-state index contributed by atoms with van der Waals surface area (Å²) in [5.41, 5.74) is 5.43. The highest BCUT2D eigenvalue weighted by molar-refractivity contribution is 7.99. The molecule has 0 bridgehead atoms. The van der Waals surface area contributed by atoms with E-state index in [1.807, 2.05) is 30.3 Å². The molecular formula is C30H32F6N6O3S. The molecule has 0 heterocycles. The van der Waals surface area contributed by atoms with Gasteiger partial charge in [-0.2, -0.15) is 26.3 Å². The highest BCUT2D eigenvalue weighted by Gasteiger charge is 2.57. The van der Waals surface area contributed by atoms with E-state index in [0.717, 1.165) is 35.8 Å². The predicted octanol–water partition coefficient (Wildman–Crippen LogP) is 6.51. The summed E-state index contributed by atoms with van der Waals surface area (Å²) < 4.78 is 89.3. The first-order valence-electron chi connectivity index (χ1n) is 13.4. The van der Waals surface area contributed by atoms with Crippen LogP contribution in [0.5, 0.6) is 5.75 Å². The van der Waals surface area contributed by atoms with E-state index in [1.54, 1.807) is 13.8 Å². The second-order valence-corrected chi connectivity index (χ2v) is 10.6. The van der Waals surface area contributed by atoms with E-state index in [9.17, 15) is 35.9 Å². The normalized spacial score (nSPS) is 12.8. The molecular weight excluding hydrogens is 638 g/mol. The van der Waals surface area contributed by atoms with Crippen LogP contribution in [0, 0.1) is 6.92 Å². The summed E-state index contributed by atoms with van der Waals surface area (Å²) in [5, 5.41) is 6.09. The number of hydrazine groups is 1. The summed E-state index contributed by atoms with van der Waals surface area (Å²) in [4.78, 5) is 26.0. The number of hydrogen-bond acceptors (Lipinski definition) is 8. The fourth-order valence-corrected chi connectivity index (χ4v) is 4.86. The van der Waals surface area contributed by atoms with Crippen molar-refractivity contribution in [3.05, 3.63) is 94.8 Å². The fourth-order valence-electron chi connectivity index (χ4n) is 4.49. The van der Waals surface area contributed by atoms with Crippen molar-refractivity contribution in [3.8, 4) is 5.75 Å². The molecule has 0 aliphatic rings. The van der Waals surface area contributed by atoms with E-state index in [-0.39, 0.29) is 34.4 Å². The Labute approximate surface area is 265 Å². The van der Waals surface area contributed by atoms with Gasteiger partial charge in [-0.15, -0.1) is 0 Å². The van der Waals surface area contributed by atoms with Gasteiger partial charge in [-0.1, -0.05) is 48.3 Å². The maximum atomic E-state index is 13.6. The molecule has 2 amide bonds. The number of amides is 2. The third-order valence-electron chi connectivity index (χ3n) is 6.70. The molecule has 0 aromatic heterocycles. The summed E-state index contributed by atoms with van der Waals surface area (Å²) in [6.07, 6.45) is -8.71. The summed E-state index contributed by atoms with van der Waals surface area (Å²) in [6, 6.07) is 14.2. The number of alkyl halides is 6. The van der Waals surface area contributed by atoms with Gasteiger partial charge < -0.3 is 25.8 Å². The van der Waals surface area contributed by atoms with Crippen LogP contribution < -0.4 is 36.7 Å². The number of hydrogen-bond donors (Lipinski definition) is 5. The molecule has 0 saturated carbocycles. The Kier molecular flexibility index (Phi) is 11.5. The van der Waals surface area contributed by atoms with Crippen molar-refractivity contribution in [2.24, 2.45) is 11.6 Å². The Morgan fingerprint density at radius 1 is 0.957 bits per heavy atom. The minimum Gasteiger partial charge on any atom is -0.492 e. The smallest absolute Gasteiger partial charge is 0.404 e. The highest BCUT2D eigenvalue weighted by Crippen LogP contribution is 2.49. The molecule has 3 aromatic carbocycles. The number of nitrogens with two attached hydrogens (primary N) is 2. The number of aryl methyl sites for hydroxylation is 1. The number of methoxy groups -OCH3 is 1. The Morgan fingerprint density at radius 3 is 2.13 bits per heavy atom. The van der Waals surface area contributed by atoms with Crippen LogP contribution in [0.4, 0.5) is 43.4 Å². The van der Waals surface area contributed by atoms with Crippen LogP contribution in [0.3, 0.4) is 0 Å². The molecule has 7 N–H and O–H groups in total. The number of nitrogens with one attached hydrogen (secondary N) is 3. The van der Waals surface area contributed by atoms with Crippen LogP contribution in [0.1, 0.15) is 45.9 Å². The van der Waals surface area contributed by atoms with Crippen LogP contribution in [-0.2, 0) is 4.79 Å². The Balaban J connectivity index is 1.93. The largest absolute Gasteiger partial charge is 0.492 e. The quantitative estimate of drug-likeness (QED) is 0.0513. The molecule has 0 spiro atoms. The first kappa shape index (κ1) is 35.9. The summed E-state index contributed by atoms with van der Waals surface area (Å²) >= 11 is 0.890. The Bertz CT molecular complexity index is 1570. The zero-order valence-electron chi connectivity index (χ0n) is 25.0. The van der Waals surface area contributed by atoms with Crippen molar-refractivity contribution in [1.29, 1.82) is 0 Å². The van der Waals surface area contributed by atoms with Gasteiger partial charge in [0.25, 0.3) is 11.8 Å². The number of carbonyl (C=O) groups excluding carboxylic acids is 2. The predicted molar refractivity (Wildman–Crippen MR) is 166 cm³/mol. The van der Waals surface area contributed by atoms with Gasteiger partial charge in [-0.3, -0.25) is 14.6 Å². The molecule has 0 aliphatic heterocycles. The van der Waals surface area contributed by atoms with Gasteiger partial charge in [-0.05, 0) is 54.8 Å². The second-order valence-electron chi connectivity index (χ2n) is 10.0. The molecule has 3 aromatic rings. The third kappa shape index (κ3) is 8.78. The van der Waals surface area contributed by atoms with Gasteiger partial charge in [0.15, 0.2) is 11.7 Å². The molecule has 9 nitrogen and oxygen atoms in total. The lowest BCUT2D eigenvalue weighted by molar-refractivity contribution is -0.253. The van der Waals surface area contributed by atoms with Gasteiger partial charge in [-0.25, -0.2) is 5.84 Å². The zero-order chi connectivity index (χ0) is 34.4. The Morgan fingerprint density at radius 2 is 1.57 bits per heavy atom. The molecule has 0 saturated heterocycles. The summed E-state index contributed by atoms with van der Waals surface area (Å²) in [7, 11) is 1.14. The number of anilines is 3. The number of halogens is 6. The molecule has 16 heteroatoms. The van der Waals surface area contributed by atoms with Crippen molar-refractivity contribution in [1.82, 2.24) is 5.32 Å². The summed E-state index contributed by atoms with van der Waals surface area (Å²) in [5.74, 6) is 0.609. The van der Waals surface area contributed by atoms with Crippen LogP contribution in [-0.4, -0.2) is 37.5 Å². The lowest BCUT2D eigenvalue weighted by atomic mass is 9.96. The fraction of sp³-hybridized carbons (Fsp3) is 0.267. The molecule has 0 radical (unpaired) electrons. The number of carbonyl (C=O) groups is 2. The van der Waals surface area contributed by atoms with E-state index >= 15 is 0 Å². The molecule has 0 unspecified atom stereocenters. The SMILES string of the molecule is COc1c(NSC)cc(C(C(F)(F)F)C(F)(F)F)cc1NC(=O)c1ccc(C)c(N(N)/C=C(\N)C(=O)N[C@H](C)c2ccccc2)c1. The number of benzene rings is 3. The lowest BCUT2D eigenvalue weighted by Crippen LogP contribution is -2.34. The van der Waals surface area contributed by atoms with Crippen molar-refractivity contribution < 1.29 is 40.7 Å². The number of rotatable bonds is 11. The lowest BCUT2D eigenvalue weighted by Gasteiger charge is -2.25. The van der Waals surface area contributed by atoms with Crippen molar-refractivity contribution in [2.75, 3.05) is 28.4 Å². The first-order valence-corrected chi connectivity index (χ1v) is 14.6. The van der Waals surface area contributed by atoms with Crippen LogP contribution in [0.25, 0.3) is 0 Å². The van der Waals surface area contributed by atoms with Gasteiger partial charge in [0, 0.05) is 18.0 Å². The van der Waals surface area contributed by atoms with Gasteiger partial charge >= 0.3 is 12.4 Å². The molecule has 1 atom stereocenters. The highest BCUT2D eigenvalue weighted by atomic mass is 32.2. The molecule has 46 heavy (non-hydrogen) atoms. The molecule has 0 fully saturated rings. The van der Waals surface area contributed by atoms with Crippen molar-refractivity contribution in [2.45, 2.75) is 38.2 Å². The third-order valence-corrected chi connectivity index (χ3v) is 7.12. The minimum atomic E-state index is -5.67. The van der Waals surface area contributed by atoms with Gasteiger partial charge in [0.05, 0.1) is 30.2 Å². The maximum absolute atomic E-state index is 13.6. The van der Waals surface area contributed by atoms with E-state index in [2.05, 4.69) is 15.4 Å². The molecule has 3 rings (SSSR count).